The molecule has 0 saturated heterocycles. The van der Waals surface area contributed by atoms with E-state index in [1.165, 1.54) is 6.92 Å². The van der Waals surface area contributed by atoms with Crippen molar-refractivity contribution in [1.29, 1.82) is 0 Å². The van der Waals surface area contributed by atoms with Gasteiger partial charge in [-0.15, -0.1) is 0 Å². The van der Waals surface area contributed by atoms with Gasteiger partial charge in [0.2, 0.25) is 5.91 Å². The van der Waals surface area contributed by atoms with Crippen LogP contribution in [0.5, 0.6) is 0 Å². The van der Waals surface area contributed by atoms with E-state index in [0.717, 1.165) is 15.7 Å². The van der Waals surface area contributed by atoms with E-state index in [1.54, 1.807) is 10.7 Å². The van der Waals surface area contributed by atoms with Crippen LogP contribution in [0.4, 0.5) is 0 Å². The summed E-state index contributed by atoms with van der Waals surface area (Å²) in [6.07, 6.45) is 0. The van der Waals surface area contributed by atoms with Gasteiger partial charge in [0.1, 0.15) is 0 Å². The standard InChI is InChI=1S/C17H14BrN3O3/c1-10(22)19-9-11-5-6-15-14(7-11)16(17(23)24)20-21(15)13-4-2-3-12(18)8-13/h2-8H,9H2,1H3,(H,19,22)(H,23,24). The molecule has 0 saturated carbocycles. The molecule has 0 atom stereocenters. The lowest BCUT2D eigenvalue weighted by Gasteiger charge is -2.05. The fourth-order valence-corrected chi connectivity index (χ4v) is 2.85. The van der Waals surface area contributed by atoms with Crippen molar-refractivity contribution in [3.8, 4) is 5.69 Å². The van der Waals surface area contributed by atoms with Gasteiger partial charge in [-0.05, 0) is 35.9 Å². The summed E-state index contributed by atoms with van der Waals surface area (Å²) in [6, 6.07) is 12.9. The average molecular weight is 388 g/mol. The number of hydrogen-bond donors (Lipinski definition) is 2. The van der Waals surface area contributed by atoms with Crippen molar-refractivity contribution >= 4 is 38.7 Å². The molecule has 122 valence electrons. The number of halogens is 1. The lowest BCUT2D eigenvalue weighted by atomic mass is 10.1. The molecule has 0 unspecified atom stereocenters. The monoisotopic (exact) mass is 387 g/mol. The Morgan fingerprint density at radius 3 is 2.71 bits per heavy atom. The van der Waals surface area contributed by atoms with E-state index in [0.29, 0.717) is 17.4 Å². The molecule has 1 amide bonds. The number of nitrogens with zero attached hydrogens (tertiary/aromatic N) is 2. The van der Waals surface area contributed by atoms with Gasteiger partial charge in [-0.25, -0.2) is 9.48 Å². The molecule has 2 aromatic carbocycles. The highest BCUT2D eigenvalue weighted by atomic mass is 79.9. The number of benzene rings is 2. The van der Waals surface area contributed by atoms with Crippen molar-refractivity contribution in [2.24, 2.45) is 0 Å². The Kier molecular flexibility index (Phi) is 4.35. The van der Waals surface area contributed by atoms with Crippen LogP contribution in [0.15, 0.2) is 46.9 Å². The predicted octanol–water partition coefficient (Wildman–Crippen LogP) is 3.12. The van der Waals surface area contributed by atoms with E-state index in [-0.39, 0.29) is 11.6 Å². The molecule has 0 fully saturated rings. The van der Waals surface area contributed by atoms with Crippen LogP contribution in [0.2, 0.25) is 0 Å². The van der Waals surface area contributed by atoms with Crippen molar-refractivity contribution in [1.82, 2.24) is 15.1 Å². The van der Waals surface area contributed by atoms with Crippen LogP contribution < -0.4 is 5.32 Å². The molecular formula is C17H14BrN3O3. The summed E-state index contributed by atoms with van der Waals surface area (Å²) >= 11 is 3.41. The first-order valence-electron chi connectivity index (χ1n) is 7.21. The normalized spacial score (nSPS) is 10.8. The fraction of sp³-hybridized carbons (Fsp3) is 0.118. The number of carboxylic acid groups (broad SMARTS) is 1. The molecule has 3 rings (SSSR count). The number of hydrogen-bond acceptors (Lipinski definition) is 3. The summed E-state index contributed by atoms with van der Waals surface area (Å²) in [5, 5.41) is 16.9. The zero-order chi connectivity index (χ0) is 17.3. The predicted molar refractivity (Wildman–Crippen MR) is 93.3 cm³/mol. The van der Waals surface area contributed by atoms with Crippen LogP contribution in [0.3, 0.4) is 0 Å². The third-order valence-corrected chi connectivity index (χ3v) is 4.03. The number of nitrogens with one attached hydrogen (secondary N) is 1. The minimum atomic E-state index is -1.09. The Balaban J connectivity index is 2.15. The second kappa shape index (κ2) is 6.45. The highest BCUT2D eigenvalue weighted by Gasteiger charge is 2.18. The van der Waals surface area contributed by atoms with Gasteiger partial charge in [0.05, 0.1) is 11.2 Å². The Morgan fingerprint density at radius 2 is 2.04 bits per heavy atom. The quantitative estimate of drug-likeness (QED) is 0.720. The molecule has 2 N–H and O–H groups in total. The summed E-state index contributed by atoms with van der Waals surface area (Å²) in [5.74, 6) is -1.23. The van der Waals surface area contributed by atoms with E-state index in [2.05, 4.69) is 26.3 Å². The highest BCUT2D eigenvalue weighted by molar-refractivity contribution is 9.10. The smallest absolute Gasteiger partial charge is 0.357 e. The maximum atomic E-state index is 11.5. The molecule has 7 heteroatoms. The number of rotatable bonds is 4. The summed E-state index contributed by atoms with van der Waals surface area (Å²) in [4.78, 5) is 22.6. The summed E-state index contributed by atoms with van der Waals surface area (Å²) in [6.45, 7) is 1.78. The highest BCUT2D eigenvalue weighted by Crippen LogP contribution is 2.25. The minimum absolute atomic E-state index is 0.0188. The number of carboxylic acids is 1. The summed E-state index contributed by atoms with van der Waals surface area (Å²) in [5.41, 5.74) is 2.25. The minimum Gasteiger partial charge on any atom is -0.476 e. The molecule has 0 radical (unpaired) electrons. The lowest BCUT2D eigenvalue weighted by Crippen LogP contribution is -2.18. The van der Waals surface area contributed by atoms with E-state index in [1.807, 2.05) is 36.4 Å². The molecule has 0 bridgehead atoms. The molecule has 0 aliphatic rings. The van der Waals surface area contributed by atoms with Crippen molar-refractivity contribution < 1.29 is 14.7 Å². The van der Waals surface area contributed by atoms with Gasteiger partial charge < -0.3 is 10.4 Å². The molecule has 3 aromatic rings. The van der Waals surface area contributed by atoms with Crippen LogP contribution in [-0.4, -0.2) is 26.8 Å². The van der Waals surface area contributed by atoms with Crippen molar-refractivity contribution in [3.63, 3.8) is 0 Å². The molecule has 1 heterocycles. The van der Waals surface area contributed by atoms with Crippen LogP contribution >= 0.6 is 15.9 Å². The molecule has 0 aliphatic carbocycles. The maximum Gasteiger partial charge on any atom is 0.357 e. The summed E-state index contributed by atoms with van der Waals surface area (Å²) in [7, 11) is 0. The van der Waals surface area contributed by atoms with Gasteiger partial charge in [0, 0.05) is 23.3 Å². The third kappa shape index (κ3) is 3.16. The van der Waals surface area contributed by atoms with Crippen LogP contribution in [0.1, 0.15) is 23.0 Å². The first-order chi connectivity index (χ1) is 11.5. The first-order valence-corrected chi connectivity index (χ1v) is 8.00. The van der Waals surface area contributed by atoms with Gasteiger partial charge in [-0.2, -0.15) is 5.10 Å². The number of carbonyl (C=O) groups is 2. The van der Waals surface area contributed by atoms with E-state index in [9.17, 15) is 14.7 Å². The second-order valence-corrected chi connectivity index (χ2v) is 6.22. The van der Waals surface area contributed by atoms with Crippen LogP contribution in [0, 0.1) is 0 Å². The summed E-state index contributed by atoms with van der Waals surface area (Å²) < 4.78 is 2.48. The molecule has 0 spiro atoms. The Labute approximate surface area is 146 Å². The number of carbonyl (C=O) groups excluding carboxylic acids is 1. The number of amides is 1. The molecule has 6 nitrogen and oxygen atoms in total. The van der Waals surface area contributed by atoms with Gasteiger partial charge in [0.25, 0.3) is 0 Å². The molecular weight excluding hydrogens is 374 g/mol. The van der Waals surface area contributed by atoms with Gasteiger partial charge in [-0.1, -0.05) is 28.1 Å². The largest absolute Gasteiger partial charge is 0.476 e. The Hall–Kier alpha value is -2.67. The SMILES string of the molecule is CC(=O)NCc1ccc2c(c1)c(C(=O)O)nn2-c1cccc(Br)c1. The van der Waals surface area contributed by atoms with Gasteiger partial charge >= 0.3 is 5.97 Å². The zero-order valence-electron chi connectivity index (χ0n) is 12.8. The third-order valence-electron chi connectivity index (χ3n) is 3.54. The fourth-order valence-electron chi connectivity index (χ4n) is 2.46. The number of aromatic carboxylic acids is 1. The maximum absolute atomic E-state index is 11.5. The van der Waals surface area contributed by atoms with E-state index in [4.69, 9.17) is 0 Å². The Bertz CT molecular complexity index is 949. The van der Waals surface area contributed by atoms with Crippen LogP contribution in [-0.2, 0) is 11.3 Å². The topological polar surface area (TPSA) is 84.2 Å². The number of fused-ring (bicyclic) bond motifs is 1. The van der Waals surface area contributed by atoms with Crippen molar-refractivity contribution in [2.75, 3.05) is 0 Å². The molecule has 0 aliphatic heterocycles. The van der Waals surface area contributed by atoms with Crippen molar-refractivity contribution in [3.05, 3.63) is 58.2 Å². The second-order valence-electron chi connectivity index (χ2n) is 5.31. The van der Waals surface area contributed by atoms with E-state index >= 15 is 0 Å². The van der Waals surface area contributed by atoms with Gasteiger partial charge in [0.15, 0.2) is 5.69 Å². The molecule has 24 heavy (non-hydrogen) atoms. The first kappa shape index (κ1) is 16.2. The Morgan fingerprint density at radius 1 is 1.25 bits per heavy atom. The zero-order valence-corrected chi connectivity index (χ0v) is 14.4. The van der Waals surface area contributed by atoms with Gasteiger partial charge in [-0.3, -0.25) is 4.79 Å². The van der Waals surface area contributed by atoms with Crippen molar-refractivity contribution in [2.45, 2.75) is 13.5 Å². The van der Waals surface area contributed by atoms with Crippen LogP contribution in [0.25, 0.3) is 16.6 Å². The van der Waals surface area contributed by atoms with E-state index < -0.39 is 5.97 Å². The molecule has 1 aromatic heterocycles. The average Bonchev–Trinajstić information content (AvgIpc) is 2.92. The lowest BCUT2D eigenvalue weighted by molar-refractivity contribution is -0.119. The number of aromatic nitrogens is 2.